The molecule has 1 fully saturated rings. The van der Waals surface area contributed by atoms with Gasteiger partial charge in [-0.05, 0) is 56.4 Å². The molecule has 0 unspecified atom stereocenters. The number of carbonyl (C=O) groups excluding carboxylic acids is 1. The van der Waals surface area contributed by atoms with Gasteiger partial charge in [0.2, 0.25) is 0 Å². The van der Waals surface area contributed by atoms with Crippen molar-refractivity contribution in [3.8, 4) is 0 Å². The van der Waals surface area contributed by atoms with Crippen molar-refractivity contribution in [2.45, 2.75) is 44.0 Å². The van der Waals surface area contributed by atoms with Crippen molar-refractivity contribution in [3.05, 3.63) is 45.8 Å². The molecule has 2 N–H and O–H groups in total. The fourth-order valence-electron chi connectivity index (χ4n) is 3.55. The van der Waals surface area contributed by atoms with E-state index >= 15 is 0 Å². The number of aromatic nitrogens is 2. The number of nitrogens with zero attached hydrogens (tertiary/aromatic N) is 3. The minimum Gasteiger partial charge on any atom is -0.383 e. The number of anilines is 1. The molecule has 1 aromatic carbocycles. The summed E-state index contributed by atoms with van der Waals surface area (Å²) >= 11 is 3.21. The number of aryl methyl sites for hydroxylation is 2. The van der Waals surface area contributed by atoms with Crippen LogP contribution in [-0.4, -0.2) is 33.9 Å². The highest BCUT2D eigenvalue weighted by Gasteiger charge is 2.18. The molecule has 3 aromatic rings. The second kappa shape index (κ2) is 8.09. The van der Waals surface area contributed by atoms with Crippen LogP contribution in [0.4, 0.5) is 5.82 Å². The monoisotopic (exact) mass is 412 g/mol. The maximum atomic E-state index is 12.7. The van der Waals surface area contributed by atoms with Crippen LogP contribution in [0.15, 0.2) is 29.4 Å². The Bertz CT molecular complexity index is 1020. The van der Waals surface area contributed by atoms with Gasteiger partial charge in [-0.25, -0.2) is 9.97 Å². The molecule has 1 aliphatic rings. The van der Waals surface area contributed by atoms with Gasteiger partial charge in [0.25, 0.3) is 5.91 Å². The molecule has 3 heterocycles. The lowest BCUT2D eigenvalue weighted by molar-refractivity contribution is 0.0724. The molecule has 28 heavy (non-hydrogen) atoms. The molecule has 7 heteroatoms. The lowest BCUT2D eigenvalue weighted by atomic mass is 10.1. The van der Waals surface area contributed by atoms with E-state index in [0.29, 0.717) is 16.7 Å². The van der Waals surface area contributed by atoms with E-state index in [1.54, 1.807) is 23.1 Å². The Morgan fingerprint density at radius 3 is 2.79 bits per heavy atom. The molecule has 4 rings (SSSR count). The molecular formula is C21H24N4OS2. The first-order valence-corrected chi connectivity index (χ1v) is 11.4. The summed E-state index contributed by atoms with van der Waals surface area (Å²) in [5.74, 6) is 1.39. The maximum absolute atomic E-state index is 12.7. The molecule has 0 saturated carbocycles. The summed E-state index contributed by atoms with van der Waals surface area (Å²) in [6, 6.07) is 7.90. The Morgan fingerprint density at radius 1 is 1.21 bits per heavy atom. The van der Waals surface area contributed by atoms with Gasteiger partial charge in [0.15, 0.2) is 5.16 Å². The SMILES string of the molecule is Cc1sc2nc(SCc3cccc(C(=O)N4CCCCC4)c3)nc(N)c2c1C. The van der Waals surface area contributed by atoms with Crippen LogP contribution in [0, 0.1) is 13.8 Å². The van der Waals surface area contributed by atoms with Crippen LogP contribution in [-0.2, 0) is 5.75 Å². The fraction of sp³-hybridized carbons (Fsp3) is 0.381. The zero-order valence-electron chi connectivity index (χ0n) is 16.2. The van der Waals surface area contributed by atoms with Crippen molar-refractivity contribution in [1.29, 1.82) is 0 Å². The average Bonchev–Trinajstić information content (AvgIpc) is 3.01. The summed E-state index contributed by atoms with van der Waals surface area (Å²) in [5.41, 5.74) is 9.20. The Kier molecular flexibility index (Phi) is 5.55. The smallest absolute Gasteiger partial charge is 0.253 e. The molecule has 1 aliphatic heterocycles. The molecule has 0 radical (unpaired) electrons. The van der Waals surface area contributed by atoms with Crippen LogP contribution in [0.2, 0.25) is 0 Å². The molecular weight excluding hydrogens is 388 g/mol. The second-order valence-corrected chi connectivity index (χ2v) is 9.34. The number of hydrogen-bond donors (Lipinski definition) is 1. The van der Waals surface area contributed by atoms with E-state index in [4.69, 9.17) is 5.73 Å². The van der Waals surface area contributed by atoms with Crippen LogP contribution in [0.3, 0.4) is 0 Å². The van der Waals surface area contributed by atoms with Crippen molar-refractivity contribution in [2.75, 3.05) is 18.8 Å². The van der Waals surface area contributed by atoms with E-state index in [1.165, 1.54) is 11.3 Å². The minimum absolute atomic E-state index is 0.137. The second-order valence-electron chi connectivity index (χ2n) is 7.20. The number of fused-ring (bicyclic) bond motifs is 1. The normalized spacial score (nSPS) is 14.6. The number of carbonyl (C=O) groups is 1. The third-order valence-corrected chi connectivity index (χ3v) is 7.24. The number of hydrogen-bond acceptors (Lipinski definition) is 6. The van der Waals surface area contributed by atoms with Crippen LogP contribution in [0.5, 0.6) is 0 Å². The predicted octanol–water partition coefficient (Wildman–Crippen LogP) is 4.81. The highest BCUT2D eigenvalue weighted by atomic mass is 32.2. The summed E-state index contributed by atoms with van der Waals surface area (Å²) in [6.45, 7) is 5.87. The average molecular weight is 413 g/mol. The molecule has 146 valence electrons. The van der Waals surface area contributed by atoms with E-state index in [2.05, 4.69) is 23.8 Å². The summed E-state index contributed by atoms with van der Waals surface area (Å²) in [4.78, 5) is 26.0. The lowest BCUT2D eigenvalue weighted by Gasteiger charge is -2.26. The van der Waals surface area contributed by atoms with Gasteiger partial charge in [-0.1, -0.05) is 23.9 Å². The Hall–Kier alpha value is -2.12. The van der Waals surface area contributed by atoms with Gasteiger partial charge in [0, 0.05) is 29.3 Å². The minimum atomic E-state index is 0.137. The number of likely N-dealkylation sites (tertiary alicyclic amines) is 1. The van der Waals surface area contributed by atoms with E-state index < -0.39 is 0 Å². The first kappa shape index (κ1) is 19.2. The number of thiophene rings is 1. The number of benzene rings is 1. The van der Waals surface area contributed by atoms with Gasteiger partial charge < -0.3 is 10.6 Å². The quantitative estimate of drug-likeness (QED) is 0.492. The summed E-state index contributed by atoms with van der Waals surface area (Å²) in [5, 5.41) is 1.65. The number of nitrogens with two attached hydrogens (primary N) is 1. The zero-order valence-corrected chi connectivity index (χ0v) is 17.8. The van der Waals surface area contributed by atoms with Crippen molar-refractivity contribution in [1.82, 2.24) is 14.9 Å². The number of thioether (sulfide) groups is 1. The van der Waals surface area contributed by atoms with Crippen LogP contribution in [0.25, 0.3) is 10.2 Å². The standard InChI is InChI=1S/C21H24N4OS2/c1-13-14(2)28-19-17(13)18(22)23-21(24-19)27-12-15-7-6-8-16(11-15)20(26)25-9-4-3-5-10-25/h6-8,11H,3-5,9-10,12H2,1-2H3,(H2,22,23,24). The van der Waals surface area contributed by atoms with Crippen molar-refractivity contribution < 1.29 is 4.79 Å². The van der Waals surface area contributed by atoms with Gasteiger partial charge >= 0.3 is 0 Å². The van der Waals surface area contributed by atoms with E-state index in [-0.39, 0.29) is 5.91 Å². The maximum Gasteiger partial charge on any atom is 0.253 e. The molecule has 0 bridgehead atoms. The Morgan fingerprint density at radius 2 is 2.00 bits per heavy atom. The number of rotatable bonds is 4. The van der Waals surface area contributed by atoms with Crippen LogP contribution < -0.4 is 5.73 Å². The summed E-state index contributed by atoms with van der Waals surface area (Å²) < 4.78 is 0. The Labute approximate surface area is 173 Å². The van der Waals surface area contributed by atoms with Gasteiger partial charge in [-0.2, -0.15) is 0 Å². The van der Waals surface area contributed by atoms with E-state index in [0.717, 1.165) is 52.8 Å². The van der Waals surface area contributed by atoms with Gasteiger partial charge in [0.1, 0.15) is 10.6 Å². The number of nitrogen functional groups attached to an aromatic ring is 1. The highest BCUT2D eigenvalue weighted by Crippen LogP contribution is 2.34. The van der Waals surface area contributed by atoms with Crippen molar-refractivity contribution in [3.63, 3.8) is 0 Å². The van der Waals surface area contributed by atoms with Crippen LogP contribution in [0.1, 0.15) is 45.6 Å². The highest BCUT2D eigenvalue weighted by molar-refractivity contribution is 7.98. The van der Waals surface area contributed by atoms with E-state index in [9.17, 15) is 4.79 Å². The largest absolute Gasteiger partial charge is 0.383 e. The third-order valence-electron chi connectivity index (χ3n) is 5.22. The summed E-state index contributed by atoms with van der Waals surface area (Å²) in [6.07, 6.45) is 3.42. The first-order valence-electron chi connectivity index (χ1n) is 9.57. The van der Waals surface area contributed by atoms with E-state index in [1.807, 2.05) is 29.2 Å². The summed E-state index contributed by atoms with van der Waals surface area (Å²) in [7, 11) is 0. The lowest BCUT2D eigenvalue weighted by Crippen LogP contribution is -2.35. The molecule has 0 atom stereocenters. The molecule has 0 aliphatic carbocycles. The van der Waals surface area contributed by atoms with Crippen LogP contribution >= 0.6 is 23.1 Å². The van der Waals surface area contributed by atoms with Gasteiger partial charge in [0.05, 0.1) is 5.39 Å². The van der Waals surface area contributed by atoms with Gasteiger partial charge in [-0.3, -0.25) is 4.79 Å². The van der Waals surface area contributed by atoms with Crippen molar-refractivity contribution >= 4 is 45.0 Å². The molecule has 1 saturated heterocycles. The molecule has 5 nitrogen and oxygen atoms in total. The molecule has 1 amide bonds. The third kappa shape index (κ3) is 3.86. The number of piperidine rings is 1. The van der Waals surface area contributed by atoms with Crippen molar-refractivity contribution in [2.24, 2.45) is 0 Å². The van der Waals surface area contributed by atoms with Gasteiger partial charge in [-0.15, -0.1) is 11.3 Å². The predicted molar refractivity (Wildman–Crippen MR) is 117 cm³/mol. The first-order chi connectivity index (χ1) is 13.5. The number of amides is 1. The Balaban J connectivity index is 1.49. The zero-order chi connectivity index (χ0) is 19.7. The topological polar surface area (TPSA) is 72.1 Å². The molecule has 2 aromatic heterocycles. The fourth-order valence-corrected chi connectivity index (χ4v) is 5.44. The molecule has 0 spiro atoms.